The van der Waals surface area contributed by atoms with E-state index in [0.717, 1.165) is 23.3 Å². The SMILES string of the molecule is O=C(N[C@H](Cc1ccc(OC(=O)OCc2ccccc2)cc1)C(=O)OCC(=O)c1ccc(F)cc1)OCc1ccccc1. The Balaban J connectivity index is 1.35. The average Bonchev–Trinajstić information content (AvgIpc) is 3.03. The number of halogens is 1. The number of rotatable bonds is 12. The molecule has 1 N–H and O–H groups in total. The van der Waals surface area contributed by atoms with E-state index in [-0.39, 0.29) is 30.9 Å². The first-order chi connectivity index (χ1) is 20.9. The largest absolute Gasteiger partial charge is 0.514 e. The predicted molar refractivity (Wildman–Crippen MR) is 153 cm³/mol. The quantitative estimate of drug-likeness (QED) is 0.0959. The molecule has 0 aliphatic heterocycles. The average molecular weight is 586 g/mol. The molecule has 0 aliphatic carbocycles. The zero-order valence-electron chi connectivity index (χ0n) is 22.9. The molecule has 0 bridgehead atoms. The molecule has 10 heteroatoms. The molecule has 0 fully saturated rings. The van der Waals surface area contributed by atoms with E-state index in [1.54, 1.807) is 36.4 Å². The van der Waals surface area contributed by atoms with Crippen LogP contribution in [0.25, 0.3) is 0 Å². The van der Waals surface area contributed by atoms with Gasteiger partial charge in [0.1, 0.15) is 30.8 Å². The van der Waals surface area contributed by atoms with Crippen molar-refractivity contribution in [2.75, 3.05) is 6.61 Å². The highest BCUT2D eigenvalue weighted by atomic mass is 19.1. The molecule has 4 aromatic carbocycles. The van der Waals surface area contributed by atoms with E-state index in [0.29, 0.717) is 5.56 Å². The van der Waals surface area contributed by atoms with Crippen LogP contribution in [0.1, 0.15) is 27.0 Å². The summed E-state index contributed by atoms with van der Waals surface area (Å²) in [6.07, 6.45) is -1.77. The molecular weight excluding hydrogens is 557 g/mol. The minimum Gasteiger partial charge on any atom is -0.456 e. The summed E-state index contributed by atoms with van der Waals surface area (Å²) in [5.74, 6) is -1.72. The number of Topliss-reactive ketones (excluding diaryl/α,β-unsaturated/α-hetero) is 1. The van der Waals surface area contributed by atoms with Crippen molar-refractivity contribution < 1.29 is 42.5 Å². The van der Waals surface area contributed by atoms with Crippen LogP contribution >= 0.6 is 0 Å². The van der Waals surface area contributed by atoms with E-state index in [9.17, 15) is 23.6 Å². The summed E-state index contributed by atoms with van der Waals surface area (Å²) in [5.41, 5.74) is 2.31. The fraction of sp³-hybridized carbons (Fsp3) is 0.152. The second-order valence-electron chi connectivity index (χ2n) is 9.27. The van der Waals surface area contributed by atoms with Gasteiger partial charge in [-0.05, 0) is 53.1 Å². The van der Waals surface area contributed by atoms with E-state index < -0.39 is 42.5 Å². The van der Waals surface area contributed by atoms with Crippen molar-refractivity contribution >= 4 is 24.0 Å². The van der Waals surface area contributed by atoms with Gasteiger partial charge in [-0.2, -0.15) is 0 Å². The molecule has 0 radical (unpaired) electrons. The van der Waals surface area contributed by atoms with E-state index in [1.165, 1.54) is 24.3 Å². The second-order valence-corrected chi connectivity index (χ2v) is 9.27. The number of hydrogen-bond acceptors (Lipinski definition) is 8. The van der Waals surface area contributed by atoms with Crippen molar-refractivity contribution in [2.45, 2.75) is 25.7 Å². The van der Waals surface area contributed by atoms with Gasteiger partial charge in [0.2, 0.25) is 0 Å². The fourth-order valence-electron chi connectivity index (χ4n) is 3.83. The van der Waals surface area contributed by atoms with Crippen LogP contribution in [0.15, 0.2) is 109 Å². The number of amides is 1. The number of nitrogens with one attached hydrogen (secondary N) is 1. The summed E-state index contributed by atoms with van der Waals surface area (Å²) in [5, 5.41) is 2.48. The molecule has 220 valence electrons. The lowest BCUT2D eigenvalue weighted by Gasteiger charge is -2.18. The molecular formula is C33H28FNO8. The van der Waals surface area contributed by atoms with E-state index >= 15 is 0 Å². The topological polar surface area (TPSA) is 117 Å². The number of alkyl carbamates (subject to hydrolysis) is 1. The zero-order valence-corrected chi connectivity index (χ0v) is 22.9. The molecule has 0 saturated carbocycles. The molecule has 4 rings (SSSR count). The van der Waals surface area contributed by atoms with Gasteiger partial charge in [0.05, 0.1) is 0 Å². The normalized spacial score (nSPS) is 11.1. The van der Waals surface area contributed by atoms with Gasteiger partial charge in [-0.25, -0.2) is 18.8 Å². The lowest BCUT2D eigenvalue weighted by atomic mass is 10.1. The highest BCUT2D eigenvalue weighted by Gasteiger charge is 2.25. The maximum atomic E-state index is 13.2. The summed E-state index contributed by atoms with van der Waals surface area (Å²) in [7, 11) is 0. The molecule has 0 aliphatic rings. The fourth-order valence-corrected chi connectivity index (χ4v) is 3.83. The third-order valence-corrected chi connectivity index (χ3v) is 6.06. The Hall–Kier alpha value is -5.51. The van der Waals surface area contributed by atoms with Gasteiger partial charge in [0.25, 0.3) is 0 Å². The Morgan fingerprint density at radius 3 is 1.84 bits per heavy atom. The number of carbonyl (C=O) groups is 4. The van der Waals surface area contributed by atoms with Crippen LogP contribution in [0.2, 0.25) is 0 Å². The first-order valence-corrected chi connectivity index (χ1v) is 13.3. The highest BCUT2D eigenvalue weighted by Crippen LogP contribution is 2.16. The first kappa shape index (κ1) is 30.4. The number of carbonyl (C=O) groups excluding carboxylic acids is 4. The second kappa shape index (κ2) is 15.5. The van der Waals surface area contributed by atoms with Crippen molar-refractivity contribution in [3.05, 3.63) is 137 Å². The summed E-state index contributed by atoms with van der Waals surface area (Å²) in [6.45, 7) is -0.583. The molecule has 4 aromatic rings. The number of ether oxygens (including phenoxy) is 4. The molecule has 0 unspecified atom stereocenters. The Morgan fingerprint density at radius 1 is 0.651 bits per heavy atom. The first-order valence-electron chi connectivity index (χ1n) is 13.3. The van der Waals surface area contributed by atoms with Gasteiger partial charge in [0, 0.05) is 12.0 Å². The monoisotopic (exact) mass is 585 g/mol. The number of hydrogen-bond donors (Lipinski definition) is 1. The predicted octanol–water partition coefficient (Wildman–Crippen LogP) is 5.80. The van der Waals surface area contributed by atoms with Gasteiger partial charge in [-0.1, -0.05) is 72.8 Å². The van der Waals surface area contributed by atoms with Gasteiger partial charge < -0.3 is 24.3 Å². The van der Waals surface area contributed by atoms with E-state index in [4.69, 9.17) is 18.9 Å². The molecule has 0 spiro atoms. The Bertz CT molecular complexity index is 1510. The van der Waals surface area contributed by atoms with Gasteiger partial charge in [-0.3, -0.25) is 4.79 Å². The third-order valence-electron chi connectivity index (χ3n) is 6.06. The van der Waals surface area contributed by atoms with Crippen LogP contribution in [0, 0.1) is 5.82 Å². The van der Waals surface area contributed by atoms with Crippen molar-refractivity contribution in [1.82, 2.24) is 5.32 Å². The number of ketones is 1. The lowest BCUT2D eigenvalue weighted by Crippen LogP contribution is -2.44. The maximum absolute atomic E-state index is 13.2. The zero-order chi connectivity index (χ0) is 30.4. The molecule has 9 nitrogen and oxygen atoms in total. The van der Waals surface area contributed by atoms with Crippen molar-refractivity contribution in [3.8, 4) is 5.75 Å². The van der Waals surface area contributed by atoms with Crippen molar-refractivity contribution in [2.24, 2.45) is 0 Å². The summed E-state index contributed by atoms with van der Waals surface area (Å²) in [4.78, 5) is 50.0. The van der Waals surface area contributed by atoms with Gasteiger partial charge >= 0.3 is 18.2 Å². The van der Waals surface area contributed by atoms with Crippen molar-refractivity contribution in [3.63, 3.8) is 0 Å². The highest BCUT2D eigenvalue weighted by molar-refractivity contribution is 5.98. The van der Waals surface area contributed by atoms with Crippen LogP contribution in [-0.4, -0.2) is 36.6 Å². The Labute approximate surface area is 247 Å². The minimum atomic E-state index is -1.22. The van der Waals surface area contributed by atoms with Crippen LogP contribution in [0.5, 0.6) is 5.75 Å². The van der Waals surface area contributed by atoms with Gasteiger partial charge in [0.15, 0.2) is 12.4 Å². The third kappa shape index (κ3) is 10.1. The van der Waals surface area contributed by atoms with E-state index in [1.807, 2.05) is 36.4 Å². The van der Waals surface area contributed by atoms with Crippen LogP contribution in [-0.2, 0) is 38.6 Å². The number of esters is 1. The molecule has 1 atom stereocenters. The summed E-state index contributed by atoms with van der Waals surface area (Å²) < 4.78 is 33.9. The van der Waals surface area contributed by atoms with Crippen molar-refractivity contribution in [1.29, 1.82) is 0 Å². The standard InChI is InChI=1S/C33H28FNO8/c34-27-15-13-26(14-16-27)30(36)22-40-31(37)29(35-32(38)41-20-24-7-3-1-4-8-24)19-23-11-17-28(18-12-23)43-33(39)42-21-25-9-5-2-6-10-25/h1-18,29H,19-22H2,(H,35,38)/t29-/m1/s1. The molecule has 43 heavy (non-hydrogen) atoms. The van der Waals surface area contributed by atoms with Crippen LogP contribution < -0.4 is 10.1 Å². The smallest absolute Gasteiger partial charge is 0.456 e. The van der Waals surface area contributed by atoms with Gasteiger partial charge in [-0.15, -0.1) is 0 Å². The Kier molecular flexibility index (Phi) is 11.0. The van der Waals surface area contributed by atoms with Crippen LogP contribution in [0.4, 0.5) is 14.0 Å². The minimum absolute atomic E-state index is 0.0239. The molecule has 1 amide bonds. The molecule has 0 heterocycles. The molecule has 0 saturated heterocycles. The summed E-state index contributed by atoms with van der Waals surface area (Å²) >= 11 is 0. The number of benzene rings is 4. The maximum Gasteiger partial charge on any atom is 0.514 e. The molecule has 0 aromatic heterocycles. The van der Waals surface area contributed by atoms with Crippen LogP contribution in [0.3, 0.4) is 0 Å². The van der Waals surface area contributed by atoms with E-state index in [2.05, 4.69) is 5.32 Å². The summed E-state index contributed by atoms with van der Waals surface area (Å²) in [6, 6.07) is 27.9. The Morgan fingerprint density at radius 2 is 1.23 bits per heavy atom. The lowest BCUT2D eigenvalue weighted by molar-refractivity contribution is -0.144.